The largest absolute Gasteiger partial charge is 0.393 e. The van der Waals surface area contributed by atoms with Crippen LogP contribution in [0.5, 0.6) is 0 Å². The summed E-state index contributed by atoms with van der Waals surface area (Å²) in [6, 6.07) is 0. The van der Waals surface area contributed by atoms with Crippen LogP contribution in [-0.4, -0.2) is 59.6 Å². The SMILES string of the molecule is CCCNc1ncnc(NN2CCN(C)CC2)c1N. The number of piperazine rings is 1. The summed E-state index contributed by atoms with van der Waals surface area (Å²) in [6.07, 6.45) is 2.57. The lowest BCUT2D eigenvalue weighted by Crippen LogP contribution is -2.47. The Morgan fingerprint density at radius 2 is 1.89 bits per heavy atom. The van der Waals surface area contributed by atoms with Gasteiger partial charge in [0.2, 0.25) is 0 Å². The first-order chi connectivity index (χ1) is 9.20. The van der Waals surface area contributed by atoms with E-state index in [0.717, 1.165) is 39.1 Å². The van der Waals surface area contributed by atoms with Gasteiger partial charge in [-0.3, -0.25) is 0 Å². The molecule has 1 aliphatic heterocycles. The van der Waals surface area contributed by atoms with Gasteiger partial charge in [0.1, 0.15) is 12.0 Å². The highest BCUT2D eigenvalue weighted by atomic mass is 15.5. The zero-order valence-electron chi connectivity index (χ0n) is 11.7. The number of likely N-dealkylation sites (N-methyl/N-ethyl adjacent to an activating group) is 1. The molecule has 7 nitrogen and oxygen atoms in total. The number of rotatable bonds is 5. The van der Waals surface area contributed by atoms with Gasteiger partial charge in [0.25, 0.3) is 0 Å². The average molecular weight is 265 g/mol. The molecule has 2 rings (SSSR count). The standard InChI is InChI=1S/C12H23N7/c1-3-4-14-11-10(13)12(16-9-15-11)17-19-7-5-18(2)6-8-19/h9H,3-8,13H2,1-2H3,(H2,14,15,16,17). The summed E-state index contributed by atoms with van der Waals surface area (Å²) in [6.45, 7) is 6.95. The Balaban J connectivity index is 1.99. The van der Waals surface area contributed by atoms with Gasteiger partial charge >= 0.3 is 0 Å². The predicted molar refractivity (Wildman–Crippen MR) is 77.9 cm³/mol. The summed E-state index contributed by atoms with van der Waals surface area (Å²) in [5, 5.41) is 5.35. The summed E-state index contributed by atoms with van der Waals surface area (Å²) in [5.74, 6) is 1.38. The third-order valence-electron chi connectivity index (χ3n) is 3.19. The number of hydrogen-bond donors (Lipinski definition) is 3. The number of nitrogens with one attached hydrogen (secondary N) is 2. The van der Waals surface area contributed by atoms with Crippen molar-refractivity contribution in [2.24, 2.45) is 0 Å². The van der Waals surface area contributed by atoms with Gasteiger partial charge in [0, 0.05) is 32.7 Å². The van der Waals surface area contributed by atoms with Crippen LogP contribution in [0.3, 0.4) is 0 Å². The van der Waals surface area contributed by atoms with Crippen LogP contribution in [0.25, 0.3) is 0 Å². The van der Waals surface area contributed by atoms with Gasteiger partial charge in [-0.15, -0.1) is 0 Å². The first-order valence-electron chi connectivity index (χ1n) is 6.75. The molecule has 0 amide bonds. The summed E-state index contributed by atoms with van der Waals surface area (Å²) in [7, 11) is 2.13. The molecule has 1 aromatic heterocycles. The third kappa shape index (κ3) is 3.68. The first kappa shape index (κ1) is 13.8. The van der Waals surface area contributed by atoms with Crippen LogP contribution in [0.1, 0.15) is 13.3 Å². The van der Waals surface area contributed by atoms with Crippen molar-refractivity contribution in [3.63, 3.8) is 0 Å². The predicted octanol–water partition coefficient (Wildman–Crippen LogP) is 0.455. The Labute approximate surface area is 114 Å². The Morgan fingerprint density at radius 1 is 1.21 bits per heavy atom. The highest BCUT2D eigenvalue weighted by molar-refractivity contribution is 5.73. The molecule has 0 aromatic carbocycles. The van der Waals surface area contributed by atoms with Crippen molar-refractivity contribution in [2.75, 3.05) is 56.2 Å². The topological polar surface area (TPSA) is 82.3 Å². The van der Waals surface area contributed by atoms with E-state index in [-0.39, 0.29) is 0 Å². The van der Waals surface area contributed by atoms with Crippen molar-refractivity contribution in [1.82, 2.24) is 19.9 Å². The molecule has 0 bridgehead atoms. The molecule has 106 valence electrons. The molecule has 7 heteroatoms. The summed E-state index contributed by atoms with van der Waals surface area (Å²) in [5.41, 5.74) is 9.94. The number of nitrogen functional groups attached to an aromatic ring is 1. The van der Waals surface area contributed by atoms with Crippen molar-refractivity contribution < 1.29 is 0 Å². The molecule has 1 aliphatic rings. The second-order valence-electron chi connectivity index (χ2n) is 4.81. The van der Waals surface area contributed by atoms with Crippen LogP contribution in [0.15, 0.2) is 6.33 Å². The van der Waals surface area contributed by atoms with Crippen molar-refractivity contribution in [3.05, 3.63) is 6.33 Å². The number of hydrazine groups is 1. The maximum Gasteiger partial charge on any atom is 0.169 e. The zero-order valence-corrected chi connectivity index (χ0v) is 11.7. The van der Waals surface area contributed by atoms with Crippen molar-refractivity contribution in [2.45, 2.75) is 13.3 Å². The number of anilines is 3. The molecule has 1 aromatic rings. The smallest absolute Gasteiger partial charge is 0.169 e. The Morgan fingerprint density at radius 3 is 2.58 bits per heavy atom. The van der Waals surface area contributed by atoms with Crippen LogP contribution in [0.4, 0.5) is 17.3 Å². The van der Waals surface area contributed by atoms with E-state index in [9.17, 15) is 0 Å². The van der Waals surface area contributed by atoms with E-state index in [2.05, 4.69) is 44.6 Å². The molecule has 2 heterocycles. The van der Waals surface area contributed by atoms with Crippen molar-refractivity contribution in [1.29, 1.82) is 0 Å². The number of nitrogens with zero attached hydrogens (tertiary/aromatic N) is 4. The van der Waals surface area contributed by atoms with Gasteiger partial charge in [-0.1, -0.05) is 6.92 Å². The fourth-order valence-electron chi connectivity index (χ4n) is 1.94. The minimum atomic E-state index is 0.579. The molecule has 0 aliphatic carbocycles. The highest BCUT2D eigenvalue weighted by Crippen LogP contribution is 2.22. The molecule has 1 fully saturated rings. The van der Waals surface area contributed by atoms with E-state index < -0.39 is 0 Å². The second-order valence-corrected chi connectivity index (χ2v) is 4.81. The monoisotopic (exact) mass is 265 g/mol. The fraction of sp³-hybridized carbons (Fsp3) is 0.667. The quantitative estimate of drug-likeness (QED) is 0.713. The molecular weight excluding hydrogens is 242 g/mol. The molecule has 1 saturated heterocycles. The Hall–Kier alpha value is -1.60. The van der Waals surface area contributed by atoms with Crippen LogP contribution >= 0.6 is 0 Å². The first-order valence-corrected chi connectivity index (χ1v) is 6.75. The molecule has 0 saturated carbocycles. The second kappa shape index (κ2) is 6.53. The highest BCUT2D eigenvalue weighted by Gasteiger charge is 2.16. The molecule has 19 heavy (non-hydrogen) atoms. The van der Waals surface area contributed by atoms with Crippen molar-refractivity contribution in [3.8, 4) is 0 Å². The van der Waals surface area contributed by atoms with E-state index in [0.29, 0.717) is 17.3 Å². The normalized spacial score (nSPS) is 17.4. The lowest BCUT2D eigenvalue weighted by molar-refractivity contribution is 0.178. The van der Waals surface area contributed by atoms with Gasteiger partial charge in [-0.25, -0.2) is 15.0 Å². The van der Waals surface area contributed by atoms with Gasteiger partial charge in [-0.05, 0) is 13.5 Å². The van der Waals surface area contributed by atoms with E-state index in [4.69, 9.17) is 5.73 Å². The lowest BCUT2D eigenvalue weighted by Gasteiger charge is -2.32. The number of aromatic nitrogens is 2. The van der Waals surface area contributed by atoms with E-state index >= 15 is 0 Å². The van der Waals surface area contributed by atoms with Gasteiger partial charge in [0.05, 0.1) is 0 Å². The minimum Gasteiger partial charge on any atom is -0.393 e. The minimum absolute atomic E-state index is 0.579. The van der Waals surface area contributed by atoms with Crippen molar-refractivity contribution >= 4 is 17.3 Å². The van der Waals surface area contributed by atoms with Gasteiger partial charge in [-0.2, -0.15) is 0 Å². The molecule has 0 spiro atoms. The summed E-state index contributed by atoms with van der Waals surface area (Å²) in [4.78, 5) is 10.7. The molecule has 0 unspecified atom stereocenters. The molecule has 0 atom stereocenters. The summed E-state index contributed by atoms with van der Waals surface area (Å²) < 4.78 is 0. The van der Waals surface area contributed by atoms with Crippen LogP contribution in [0.2, 0.25) is 0 Å². The van der Waals surface area contributed by atoms with Gasteiger partial charge < -0.3 is 21.4 Å². The zero-order chi connectivity index (χ0) is 13.7. The van der Waals surface area contributed by atoms with Crippen LogP contribution in [0, 0.1) is 0 Å². The Kier molecular flexibility index (Phi) is 4.75. The third-order valence-corrected chi connectivity index (χ3v) is 3.19. The molecule has 4 N–H and O–H groups in total. The average Bonchev–Trinajstić information content (AvgIpc) is 2.42. The fourth-order valence-corrected chi connectivity index (χ4v) is 1.94. The maximum absolute atomic E-state index is 6.08. The van der Waals surface area contributed by atoms with Crippen LogP contribution in [-0.2, 0) is 0 Å². The number of hydrogen-bond acceptors (Lipinski definition) is 7. The van der Waals surface area contributed by atoms with Crippen LogP contribution < -0.4 is 16.5 Å². The van der Waals surface area contributed by atoms with E-state index in [1.54, 1.807) is 0 Å². The van der Waals surface area contributed by atoms with Gasteiger partial charge in [0.15, 0.2) is 11.6 Å². The molecule has 0 radical (unpaired) electrons. The molecular formula is C12H23N7. The Bertz CT molecular complexity index is 401. The van der Waals surface area contributed by atoms with E-state index in [1.165, 1.54) is 6.33 Å². The lowest BCUT2D eigenvalue weighted by atomic mass is 10.4. The van der Waals surface area contributed by atoms with E-state index in [1.807, 2.05) is 0 Å². The number of nitrogens with two attached hydrogens (primary N) is 1. The maximum atomic E-state index is 6.08. The summed E-state index contributed by atoms with van der Waals surface area (Å²) >= 11 is 0.